The summed E-state index contributed by atoms with van der Waals surface area (Å²) in [5, 5.41) is 15.7. The molecule has 0 atom stereocenters. The molecule has 0 radical (unpaired) electrons. The Morgan fingerprint density at radius 1 is 1.09 bits per heavy atom. The van der Waals surface area contributed by atoms with Crippen molar-refractivity contribution in [3.8, 4) is 0 Å². The number of carbonyl (C=O) groups excluding carboxylic acids is 3. The third-order valence-electron chi connectivity index (χ3n) is 6.28. The summed E-state index contributed by atoms with van der Waals surface area (Å²) in [5.41, 5.74) is 0.774. The van der Waals surface area contributed by atoms with Gasteiger partial charge in [-0.25, -0.2) is 4.98 Å². The van der Waals surface area contributed by atoms with E-state index in [-0.39, 0.29) is 36.0 Å². The molecule has 35 heavy (non-hydrogen) atoms. The molecule has 184 valence electrons. The number of nitrogens with zero attached hydrogens (tertiary/aromatic N) is 2. The zero-order chi connectivity index (χ0) is 24.9. The lowest BCUT2D eigenvalue weighted by Gasteiger charge is -2.29. The van der Waals surface area contributed by atoms with Gasteiger partial charge in [0.2, 0.25) is 17.6 Å². The average Bonchev–Trinajstić information content (AvgIpc) is 3.23. The second-order valence-electron chi connectivity index (χ2n) is 8.64. The summed E-state index contributed by atoms with van der Waals surface area (Å²) >= 11 is 5.86. The van der Waals surface area contributed by atoms with Gasteiger partial charge >= 0.3 is 0 Å². The zero-order valence-electron chi connectivity index (χ0n) is 19.3. The Morgan fingerprint density at radius 2 is 1.80 bits per heavy atom. The van der Waals surface area contributed by atoms with Gasteiger partial charge in [-0.1, -0.05) is 23.7 Å². The number of anilines is 2. The van der Waals surface area contributed by atoms with Crippen LogP contribution >= 0.6 is 11.6 Å². The van der Waals surface area contributed by atoms with Crippen LogP contribution in [0.2, 0.25) is 5.02 Å². The molecule has 1 fully saturated rings. The van der Waals surface area contributed by atoms with Crippen LogP contribution in [0.5, 0.6) is 0 Å². The minimum atomic E-state index is -0.549. The number of pyridine rings is 1. The minimum Gasteiger partial charge on any atom is -0.449 e. The fourth-order valence-corrected chi connectivity index (χ4v) is 4.46. The van der Waals surface area contributed by atoms with Crippen molar-refractivity contribution in [2.45, 2.75) is 25.7 Å². The third kappa shape index (κ3) is 5.63. The lowest BCUT2D eigenvalue weighted by molar-refractivity contribution is -0.137. The Morgan fingerprint density at radius 3 is 2.49 bits per heavy atom. The number of rotatable bonds is 7. The van der Waals surface area contributed by atoms with Gasteiger partial charge in [0, 0.05) is 37.0 Å². The molecular weight excluding hydrogens is 472 g/mol. The molecule has 0 bridgehead atoms. The molecule has 0 unspecified atom stereocenters. The molecule has 1 aromatic carbocycles. The fraction of sp³-hybridized carbons (Fsp3) is 0.360. The maximum atomic E-state index is 13.2. The molecule has 3 N–H and O–H groups in total. The van der Waals surface area contributed by atoms with E-state index in [1.165, 1.54) is 11.1 Å². The number of aliphatic hydroxyl groups excluding tert-OH is 1. The summed E-state index contributed by atoms with van der Waals surface area (Å²) in [6, 6.07) is 10.3. The summed E-state index contributed by atoms with van der Waals surface area (Å²) in [6.45, 7) is 0.214. The second kappa shape index (κ2) is 10.9. The summed E-state index contributed by atoms with van der Waals surface area (Å²) in [6.07, 6.45) is 3.71. The SMILES string of the molecule is CN(CCO)C(=O)C1CCC(C(=O)Nc2c(C(=O)Nc3ccc(Cl)cn3)oc3ccccc23)CC1. The van der Waals surface area contributed by atoms with Gasteiger partial charge < -0.3 is 25.1 Å². The largest absolute Gasteiger partial charge is 0.449 e. The Bertz CT molecular complexity index is 1220. The highest BCUT2D eigenvalue weighted by atomic mass is 35.5. The van der Waals surface area contributed by atoms with Crippen LogP contribution in [0.25, 0.3) is 11.0 Å². The molecule has 3 amide bonds. The number of carbonyl (C=O) groups is 3. The highest BCUT2D eigenvalue weighted by Crippen LogP contribution is 2.34. The lowest BCUT2D eigenvalue weighted by Crippen LogP contribution is -2.38. The molecule has 0 spiro atoms. The van der Waals surface area contributed by atoms with Crippen molar-refractivity contribution in [2.24, 2.45) is 11.8 Å². The number of fused-ring (bicyclic) bond motifs is 1. The summed E-state index contributed by atoms with van der Waals surface area (Å²) in [4.78, 5) is 44.2. The van der Waals surface area contributed by atoms with Gasteiger partial charge in [-0.3, -0.25) is 14.4 Å². The Balaban J connectivity index is 1.48. The molecule has 1 saturated carbocycles. The number of benzene rings is 1. The molecule has 1 aliphatic rings. The number of aromatic nitrogens is 1. The first kappa shape index (κ1) is 24.7. The van der Waals surface area contributed by atoms with Crippen molar-refractivity contribution < 1.29 is 23.9 Å². The first-order valence-corrected chi connectivity index (χ1v) is 11.9. The van der Waals surface area contributed by atoms with E-state index in [9.17, 15) is 14.4 Å². The molecule has 3 aromatic rings. The van der Waals surface area contributed by atoms with E-state index in [0.717, 1.165) is 0 Å². The van der Waals surface area contributed by atoms with E-state index in [2.05, 4.69) is 15.6 Å². The van der Waals surface area contributed by atoms with Crippen LogP contribution in [0.15, 0.2) is 47.0 Å². The van der Waals surface area contributed by atoms with Crippen molar-refractivity contribution in [3.63, 3.8) is 0 Å². The number of aliphatic hydroxyl groups is 1. The number of nitrogens with one attached hydrogen (secondary N) is 2. The van der Waals surface area contributed by atoms with Crippen LogP contribution in [-0.2, 0) is 9.59 Å². The van der Waals surface area contributed by atoms with Crippen molar-refractivity contribution in [3.05, 3.63) is 53.4 Å². The number of para-hydroxylation sites is 1. The molecule has 1 aliphatic carbocycles. The molecule has 4 rings (SSSR count). The lowest BCUT2D eigenvalue weighted by atomic mass is 9.81. The number of amides is 3. The van der Waals surface area contributed by atoms with Crippen molar-refractivity contribution in [1.29, 1.82) is 0 Å². The number of furan rings is 1. The van der Waals surface area contributed by atoms with Gasteiger partial charge in [0.05, 0.1) is 11.6 Å². The smallest absolute Gasteiger partial charge is 0.294 e. The van der Waals surface area contributed by atoms with E-state index in [1.807, 2.05) is 0 Å². The standard InChI is InChI=1S/C25H27ClN4O5/c1-30(12-13-31)25(34)16-8-6-15(7-9-16)23(32)29-21-18-4-2-3-5-19(18)35-22(21)24(33)28-20-11-10-17(26)14-27-20/h2-5,10-11,14-16,31H,6-9,12-13H2,1H3,(H,29,32)(H,27,28,33). The fourth-order valence-electron chi connectivity index (χ4n) is 4.35. The molecule has 0 saturated heterocycles. The molecule has 2 aromatic heterocycles. The highest BCUT2D eigenvalue weighted by molar-refractivity contribution is 6.30. The normalized spacial score (nSPS) is 17.7. The Kier molecular flexibility index (Phi) is 7.67. The van der Waals surface area contributed by atoms with Crippen LogP contribution in [-0.4, -0.2) is 52.9 Å². The topological polar surface area (TPSA) is 125 Å². The van der Waals surface area contributed by atoms with Gasteiger partial charge in [0.25, 0.3) is 5.91 Å². The number of likely N-dealkylation sites (N-methyl/N-ethyl adjacent to an activating group) is 1. The van der Waals surface area contributed by atoms with Gasteiger partial charge in [-0.15, -0.1) is 0 Å². The van der Waals surface area contributed by atoms with Crippen molar-refractivity contribution in [1.82, 2.24) is 9.88 Å². The van der Waals surface area contributed by atoms with Crippen LogP contribution in [0, 0.1) is 11.8 Å². The Labute approximate surface area is 207 Å². The van der Waals surface area contributed by atoms with Crippen LogP contribution in [0.1, 0.15) is 36.2 Å². The van der Waals surface area contributed by atoms with E-state index in [4.69, 9.17) is 21.1 Å². The average molecular weight is 499 g/mol. The van der Waals surface area contributed by atoms with Crippen LogP contribution in [0.4, 0.5) is 11.5 Å². The maximum Gasteiger partial charge on any atom is 0.294 e. The predicted molar refractivity (Wildman–Crippen MR) is 132 cm³/mol. The van der Waals surface area contributed by atoms with E-state index in [1.54, 1.807) is 43.4 Å². The summed E-state index contributed by atoms with van der Waals surface area (Å²) in [5.74, 6) is -0.939. The van der Waals surface area contributed by atoms with Gasteiger partial charge in [0.1, 0.15) is 17.1 Å². The van der Waals surface area contributed by atoms with Gasteiger partial charge in [-0.05, 0) is 49.9 Å². The van der Waals surface area contributed by atoms with Crippen LogP contribution < -0.4 is 10.6 Å². The number of hydrogen-bond acceptors (Lipinski definition) is 6. The molecule has 10 heteroatoms. The summed E-state index contributed by atoms with van der Waals surface area (Å²) in [7, 11) is 1.67. The molecule has 9 nitrogen and oxygen atoms in total. The molecule has 0 aliphatic heterocycles. The first-order chi connectivity index (χ1) is 16.9. The number of halogens is 1. The monoisotopic (exact) mass is 498 g/mol. The third-order valence-corrected chi connectivity index (χ3v) is 6.50. The van der Waals surface area contributed by atoms with Gasteiger partial charge in [-0.2, -0.15) is 0 Å². The molecular formula is C25H27ClN4O5. The Hall–Kier alpha value is -3.43. The van der Waals surface area contributed by atoms with Crippen molar-refractivity contribution in [2.75, 3.05) is 30.8 Å². The molecule has 2 heterocycles. The van der Waals surface area contributed by atoms with Crippen molar-refractivity contribution >= 4 is 51.8 Å². The summed E-state index contributed by atoms with van der Waals surface area (Å²) < 4.78 is 5.79. The van der Waals surface area contributed by atoms with E-state index in [0.29, 0.717) is 59.7 Å². The quantitative estimate of drug-likeness (QED) is 0.453. The highest BCUT2D eigenvalue weighted by Gasteiger charge is 2.32. The van der Waals surface area contributed by atoms with Crippen LogP contribution in [0.3, 0.4) is 0 Å². The van der Waals surface area contributed by atoms with E-state index < -0.39 is 5.91 Å². The second-order valence-corrected chi connectivity index (χ2v) is 9.08. The predicted octanol–water partition coefficient (Wildman–Crippen LogP) is 3.93. The minimum absolute atomic E-state index is 0.00602. The zero-order valence-corrected chi connectivity index (χ0v) is 20.0. The first-order valence-electron chi connectivity index (χ1n) is 11.5. The van der Waals surface area contributed by atoms with E-state index >= 15 is 0 Å². The maximum absolute atomic E-state index is 13.2. The van der Waals surface area contributed by atoms with Gasteiger partial charge in [0.15, 0.2) is 0 Å². The number of hydrogen-bond donors (Lipinski definition) is 3.